The van der Waals surface area contributed by atoms with Gasteiger partial charge in [0.05, 0.1) is 22.1 Å². The van der Waals surface area contributed by atoms with Crippen molar-refractivity contribution in [2.24, 2.45) is 0 Å². The molecule has 5 aromatic heterocycles. The molecule has 58 heavy (non-hydrogen) atoms. The third kappa shape index (κ3) is 4.72. The predicted molar refractivity (Wildman–Crippen MR) is 244 cm³/mol. The van der Waals surface area contributed by atoms with E-state index in [4.69, 9.17) is 19.4 Å². The second-order valence-electron chi connectivity index (χ2n) is 14.8. The highest BCUT2D eigenvalue weighted by atomic mass is 32.1. The summed E-state index contributed by atoms with van der Waals surface area (Å²) in [5.41, 5.74) is 7.90. The first-order valence-corrected chi connectivity index (χ1v) is 20.9. The number of rotatable bonds is 4. The number of aromatic nitrogens is 4. The lowest BCUT2D eigenvalue weighted by Crippen LogP contribution is -2.00. The standard InChI is InChI=1S/C51H28N4OS2/c1-5-14-39-32(10-1)36-26-29(20-23-40(36)55(39)41-15-9-17-43-48(41)35-13-2-6-16-42(35)56-43)49-52-50(30-21-24-46-37(27-30)33-11-3-7-18-44(33)57-46)54-51(53-49)31-22-25-47-38(28-31)34-12-4-8-19-45(34)58-47/h1-28H. The van der Waals surface area contributed by atoms with Crippen LogP contribution in [-0.4, -0.2) is 19.5 Å². The minimum absolute atomic E-state index is 0.632. The van der Waals surface area contributed by atoms with Crippen molar-refractivity contribution < 1.29 is 4.42 Å². The number of thiophene rings is 2. The SMILES string of the molecule is c1ccc2c(c1)oc1cccc(-n3c4ccccc4c4cc(-c5nc(-c6ccc7sc8ccccc8c7c6)nc(-c6ccc7sc8ccccc8c7c6)n5)ccc43)c12. The van der Waals surface area contributed by atoms with E-state index in [1.165, 1.54) is 40.3 Å². The Hall–Kier alpha value is -7.19. The summed E-state index contributed by atoms with van der Waals surface area (Å²) in [7, 11) is 0. The van der Waals surface area contributed by atoms with Crippen LogP contribution in [0.1, 0.15) is 0 Å². The number of furan rings is 1. The Labute approximate surface area is 338 Å². The number of para-hydroxylation sites is 2. The Bertz CT molecular complexity index is 3700. The highest BCUT2D eigenvalue weighted by molar-refractivity contribution is 7.26. The Morgan fingerprint density at radius 2 is 0.845 bits per heavy atom. The van der Waals surface area contributed by atoms with Crippen molar-refractivity contribution in [1.82, 2.24) is 19.5 Å². The van der Waals surface area contributed by atoms with Gasteiger partial charge in [-0.05, 0) is 91.0 Å². The largest absolute Gasteiger partial charge is 0.456 e. The van der Waals surface area contributed by atoms with Gasteiger partial charge < -0.3 is 8.98 Å². The third-order valence-corrected chi connectivity index (χ3v) is 13.8. The summed E-state index contributed by atoms with van der Waals surface area (Å²) in [6.07, 6.45) is 0. The molecule has 0 atom stereocenters. The molecular formula is C51H28N4OS2. The van der Waals surface area contributed by atoms with E-state index in [1.54, 1.807) is 0 Å². The zero-order chi connectivity index (χ0) is 37.9. The number of hydrogen-bond acceptors (Lipinski definition) is 6. The molecule has 0 aliphatic heterocycles. The maximum atomic E-state index is 6.33. The molecule has 7 heteroatoms. The van der Waals surface area contributed by atoms with E-state index in [-0.39, 0.29) is 0 Å². The first-order valence-electron chi connectivity index (χ1n) is 19.3. The number of benzene rings is 8. The van der Waals surface area contributed by atoms with E-state index in [0.29, 0.717) is 17.5 Å². The number of fused-ring (bicyclic) bond motifs is 12. The van der Waals surface area contributed by atoms with E-state index in [2.05, 4.69) is 162 Å². The van der Waals surface area contributed by atoms with Crippen LogP contribution in [0.4, 0.5) is 0 Å². The molecular weight excluding hydrogens is 749 g/mol. The molecule has 0 radical (unpaired) electrons. The lowest BCUT2D eigenvalue weighted by Gasteiger charge is -2.11. The molecule has 5 heterocycles. The van der Waals surface area contributed by atoms with Gasteiger partial charge in [0, 0.05) is 73.2 Å². The van der Waals surface area contributed by atoms with Crippen molar-refractivity contribution in [2.45, 2.75) is 0 Å². The van der Waals surface area contributed by atoms with Crippen molar-refractivity contribution in [3.8, 4) is 39.9 Å². The molecule has 0 aliphatic rings. The van der Waals surface area contributed by atoms with Crippen LogP contribution >= 0.6 is 22.7 Å². The first kappa shape index (κ1) is 32.0. The van der Waals surface area contributed by atoms with E-state index in [0.717, 1.165) is 66.1 Å². The molecule has 0 N–H and O–H groups in total. The normalized spacial score (nSPS) is 12.1. The second-order valence-corrected chi connectivity index (χ2v) is 16.9. The lowest BCUT2D eigenvalue weighted by molar-refractivity contribution is 0.669. The Morgan fingerprint density at radius 3 is 1.50 bits per heavy atom. The molecule has 8 aromatic carbocycles. The van der Waals surface area contributed by atoms with Crippen molar-refractivity contribution in [2.75, 3.05) is 0 Å². The monoisotopic (exact) mass is 776 g/mol. The molecule has 0 saturated carbocycles. The summed E-state index contributed by atoms with van der Waals surface area (Å²) in [6, 6.07) is 60.2. The van der Waals surface area contributed by atoms with Gasteiger partial charge in [0.2, 0.25) is 0 Å². The topological polar surface area (TPSA) is 56.7 Å². The molecule has 0 aliphatic carbocycles. The summed E-state index contributed by atoms with van der Waals surface area (Å²) in [4.78, 5) is 15.7. The molecule has 0 fully saturated rings. The summed E-state index contributed by atoms with van der Waals surface area (Å²) in [5, 5.41) is 9.39. The van der Waals surface area contributed by atoms with Gasteiger partial charge in [-0.15, -0.1) is 22.7 Å². The number of nitrogens with zero attached hydrogens (tertiary/aromatic N) is 4. The molecule has 0 amide bonds. The van der Waals surface area contributed by atoms with Crippen LogP contribution in [-0.2, 0) is 0 Å². The van der Waals surface area contributed by atoms with Gasteiger partial charge in [0.1, 0.15) is 11.2 Å². The van der Waals surface area contributed by atoms with Crippen LogP contribution in [0.15, 0.2) is 174 Å². The first-order chi connectivity index (χ1) is 28.7. The van der Waals surface area contributed by atoms with Crippen LogP contribution in [0.3, 0.4) is 0 Å². The van der Waals surface area contributed by atoms with Gasteiger partial charge in [-0.25, -0.2) is 15.0 Å². The van der Waals surface area contributed by atoms with Gasteiger partial charge >= 0.3 is 0 Å². The fraction of sp³-hybridized carbons (Fsp3) is 0. The second kappa shape index (κ2) is 12.2. The predicted octanol–water partition coefficient (Wildman–Crippen LogP) is 14.6. The Balaban J connectivity index is 1.04. The van der Waals surface area contributed by atoms with Gasteiger partial charge in [0.15, 0.2) is 17.5 Å². The fourth-order valence-electron chi connectivity index (χ4n) is 8.81. The summed E-state index contributed by atoms with van der Waals surface area (Å²) < 4.78 is 13.7. The molecule has 0 spiro atoms. The average molecular weight is 777 g/mol. The Morgan fingerprint density at radius 1 is 0.362 bits per heavy atom. The molecule has 270 valence electrons. The maximum Gasteiger partial charge on any atom is 0.164 e. The fourth-order valence-corrected chi connectivity index (χ4v) is 11.0. The highest BCUT2D eigenvalue weighted by Gasteiger charge is 2.20. The summed E-state index contributed by atoms with van der Waals surface area (Å²) >= 11 is 3.63. The molecule has 13 rings (SSSR count). The van der Waals surface area contributed by atoms with Crippen LogP contribution in [0.5, 0.6) is 0 Å². The maximum absolute atomic E-state index is 6.33. The smallest absolute Gasteiger partial charge is 0.164 e. The van der Waals surface area contributed by atoms with E-state index < -0.39 is 0 Å². The zero-order valence-electron chi connectivity index (χ0n) is 30.7. The summed E-state index contributed by atoms with van der Waals surface area (Å²) in [5.74, 6) is 1.93. The highest BCUT2D eigenvalue weighted by Crippen LogP contribution is 2.41. The van der Waals surface area contributed by atoms with Crippen molar-refractivity contribution in [1.29, 1.82) is 0 Å². The van der Waals surface area contributed by atoms with Gasteiger partial charge in [0.25, 0.3) is 0 Å². The quantitative estimate of drug-likeness (QED) is 0.179. The van der Waals surface area contributed by atoms with Gasteiger partial charge in [-0.1, -0.05) is 78.9 Å². The van der Waals surface area contributed by atoms with Crippen molar-refractivity contribution in [3.63, 3.8) is 0 Å². The van der Waals surface area contributed by atoms with Gasteiger partial charge in [-0.3, -0.25) is 0 Å². The van der Waals surface area contributed by atoms with Crippen LogP contribution in [0.2, 0.25) is 0 Å². The minimum Gasteiger partial charge on any atom is -0.456 e. The van der Waals surface area contributed by atoms with Crippen LogP contribution in [0.25, 0.3) is 124 Å². The summed E-state index contributed by atoms with van der Waals surface area (Å²) in [6.45, 7) is 0. The molecule has 0 saturated heterocycles. The molecule has 0 bridgehead atoms. The van der Waals surface area contributed by atoms with E-state index in [9.17, 15) is 0 Å². The van der Waals surface area contributed by atoms with E-state index in [1.807, 2.05) is 34.8 Å². The lowest BCUT2D eigenvalue weighted by atomic mass is 10.1. The number of hydrogen-bond donors (Lipinski definition) is 0. The third-order valence-electron chi connectivity index (χ3n) is 11.5. The minimum atomic E-state index is 0.632. The van der Waals surface area contributed by atoms with Gasteiger partial charge in [-0.2, -0.15) is 0 Å². The zero-order valence-corrected chi connectivity index (χ0v) is 32.3. The van der Waals surface area contributed by atoms with E-state index >= 15 is 0 Å². The van der Waals surface area contributed by atoms with Crippen molar-refractivity contribution in [3.05, 3.63) is 170 Å². The van der Waals surface area contributed by atoms with Crippen LogP contribution < -0.4 is 0 Å². The Kier molecular flexibility index (Phi) is 6.70. The molecule has 0 unspecified atom stereocenters. The molecule has 13 aromatic rings. The average Bonchev–Trinajstić information content (AvgIpc) is 4.04. The molecule has 5 nitrogen and oxygen atoms in total. The van der Waals surface area contributed by atoms with Crippen LogP contribution in [0, 0.1) is 0 Å². The van der Waals surface area contributed by atoms with Crippen molar-refractivity contribution >= 4 is 107 Å².